The van der Waals surface area contributed by atoms with E-state index in [1.807, 2.05) is 11.8 Å². The van der Waals surface area contributed by atoms with Gasteiger partial charge >= 0.3 is 6.18 Å². The standard InChI is InChI=1S/C14H18F3N5O2/c1-2-10-18-20-12(23-10)8-22-6-4-3-5-9(22)13-21-19-11(24-13)7-14(15,16)17/h9H,2-8H2,1H3. The second-order valence-electron chi connectivity index (χ2n) is 5.75. The zero-order chi connectivity index (χ0) is 17.2. The number of aryl methyl sites for hydroxylation is 1. The van der Waals surface area contributed by atoms with Gasteiger partial charge in [-0.3, -0.25) is 4.90 Å². The van der Waals surface area contributed by atoms with Gasteiger partial charge in [0.1, 0.15) is 6.42 Å². The van der Waals surface area contributed by atoms with Gasteiger partial charge in [-0.15, -0.1) is 20.4 Å². The molecule has 1 fully saturated rings. The Hall–Kier alpha value is -1.97. The molecule has 3 rings (SSSR count). The summed E-state index contributed by atoms with van der Waals surface area (Å²) in [6.07, 6.45) is -2.26. The van der Waals surface area contributed by atoms with Crippen LogP contribution in [0.1, 0.15) is 55.8 Å². The summed E-state index contributed by atoms with van der Waals surface area (Å²) in [5.74, 6) is 0.843. The third-order valence-corrected chi connectivity index (χ3v) is 3.88. The number of hydrogen-bond acceptors (Lipinski definition) is 7. The van der Waals surface area contributed by atoms with E-state index in [4.69, 9.17) is 8.83 Å². The molecule has 1 aliphatic rings. The fraction of sp³-hybridized carbons (Fsp3) is 0.714. The maximum absolute atomic E-state index is 12.4. The van der Waals surface area contributed by atoms with Crippen molar-refractivity contribution in [2.75, 3.05) is 6.54 Å². The lowest BCUT2D eigenvalue weighted by Gasteiger charge is -2.32. The second-order valence-corrected chi connectivity index (χ2v) is 5.75. The molecule has 24 heavy (non-hydrogen) atoms. The molecule has 10 heteroatoms. The van der Waals surface area contributed by atoms with Gasteiger partial charge in [0.2, 0.25) is 23.6 Å². The number of likely N-dealkylation sites (tertiary alicyclic amines) is 1. The third kappa shape index (κ3) is 4.11. The van der Waals surface area contributed by atoms with Crippen LogP contribution in [0.4, 0.5) is 13.2 Å². The number of rotatable bonds is 5. The Morgan fingerprint density at radius 3 is 2.50 bits per heavy atom. The Morgan fingerprint density at radius 2 is 1.79 bits per heavy atom. The van der Waals surface area contributed by atoms with E-state index in [9.17, 15) is 13.2 Å². The third-order valence-electron chi connectivity index (χ3n) is 3.88. The van der Waals surface area contributed by atoms with Crippen molar-refractivity contribution < 1.29 is 22.0 Å². The molecule has 1 saturated heterocycles. The van der Waals surface area contributed by atoms with Gasteiger partial charge in [-0.1, -0.05) is 13.3 Å². The zero-order valence-electron chi connectivity index (χ0n) is 13.2. The van der Waals surface area contributed by atoms with E-state index in [1.54, 1.807) is 0 Å². The average Bonchev–Trinajstić information content (AvgIpc) is 3.15. The Morgan fingerprint density at radius 1 is 1.04 bits per heavy atom. The molecule has 0 N–H and O–H groups in total. The van der Waals surface area contributed by atoms with Gasteiger partial charge < -0.3 is 8.83 Å². The predicted octanol–water partition coefficient (Wildman–Crippen LogP) is 2.85. The summed E-state index contributed by atoms with van der Waals surface area (Å²) < 4.78 is 48.0. The molecule has 7 nitrogen and oxygen atoms in total. The quantitative estimate of drug-likeness (QED) is 0.824. The largest absolute Gasteiger partial charge is 0.424 e. The first-order valence-electron chi connectivity index (χ1n) is 7.89. The van der Waals surface area contributed by atoms with Crippen molar-refractivity contribution >= 4 is 0 Å². The van der Waals surface area contributed by atoms with Crippen LogP contribution in [-0.4, -0.2) is 38.0 Å². The van der Waals surface area contributed by atoms with Crippen LogP contribution in [0.2, 0.25) is 0 Å². The van der Waals surface area contributed by atoms with Crippen molar-refractivity contribution in [3.05, 3.63) is 23.6 Å². The average molecular weight is 345 g/mol. The zero-order valence-corrected chi connectivity index (χ0v) is 13.2. The number of halogens is 3. The minimum Gasteiger partial charge on any atom is -0.424 e. The van der Waals surface area contributed by atoms with Gasteiger partial charge in [0.05, 0.1) is 12.6 Å². The SMILES string of the molecule is CCc1nnc(CN2CCCCC2c2nnc(CC(F)(F)F)o2)o1. The minimum absolute atomic E-state index is 0.212. The van der Waals surface area contributed by atoms with Crippen LogP contribution in [0.15, 0.2) is 8.83 Å². The summed E-state index contributed by atoms with van der Waals surface area (Å²) in [6.45, 7) is 3.09. The highest BCUT2D eigenvalue weighted by atomic mass is 19.4. The first kappa shape index (κ1) is 16.9. The van der Waals surface area contributed by atoms with Crippen molar-refractivity contribution in [3.63, 3.8) is 0 Å². The van der Waals surface area contributed by atoms with Crippen molar-refractivity contribution in [1.29, 1.82) is 0 Å². The van der Waals surface area contributed by atoms with Gasteiger partial charge in [0.25, 0.3) is 0 Å². The number of aromatic nitrogens is 4. The number of nitrogens with zero attached hydrogens (tertiary/aromatic N) is 5. The number of alkyl halides is 3. The van der Waals surface area contributed by atoms with Crippen LogP contribution < -0.4 is 0 Å². The summed E-state index contributed by atoms with van der Waals surface area (Å²) in [5, 5.41) is 15.2. The Bertz CT molecular complexity index is 669. The van der Waals surface area contributed by atoms with E-state index >= 15 is 0 Å². The summed E-state index contributed by atoms with van der Waals surface area (Å²) >= 11 is 0. The van der Waals surface area contributed by atoms with Gasteiger partial charge in [-0.25, -0.2) is 0 Å². The Balaban J connectivity index is 1.72. The van der Waals surface area contributed by atoms with E-state index < -0.39 is 18.5 Å². The molecule has 3 heterocycles. The monoisotopic (exact) mass is 345 g/mol. The summed E-state index contributed by atoms with van der Waals surface area (Å²) in [5.41, 5.74) is 0. The molecule has 0 amide bonds. The molecule has 0 aliphatic carbocycles. The summed E-state index contributed by atoms with van der Waals surface area (Å²) in [7, 11) is 0. The van der Waals surface area contributed by atoms with Crippen LogP contribution in [0.5, 0.6) is 0 Å². The highest BCUT2D eigenvalue weighted by Gasteiger charge is 2.34. The van der Waals surface area contributed by atoms with Gasteiger partial charge in [-0.2, -0.15) is 13.2 Å². The van der Waals surface area contributed by atoms with Crippen LogP contribution in [0.3, 0.4) is 0 Å². The normalized spacial score (nSPS) is 19.8. The van der Waals surface area contributed by atoms with Crippen LogP contribution >= 0.6 is 0 Å². The molecule has 1 unspecified atom stereocenters. The molecule has 0 bridgehead atoms. The molecular formula is C14H18F3N5O2. The molecule has 2 aromatic rings. The predicted molar refractivity (Wildman–Crippen MR) is 74.7 cm³/mol. The molecule has 2 aromatic heterocycles. The van der Waals surface area contributed by atoms with E-state index in [2.05, 4.69) is 20.4 Å². The lowest BCUT2D eigenvalue weighted by Crippen LogP contribution is -2.33. The summed E-state index contributed by atoms with van der Waals surface area (Å²) in [4.78, 5) is 2.03. The smallest absolute Gasteiger partial charge is 0.397 e. The van der Waals surface area contributed by atoms with Gasteiger partial charge in [-0.05, 0) is 19.4 Å². The highest BCUT2D eigenvalue weighted by Crippen LogP contribution is 2.32. The molecule has 0 spiro atoms. The molecule has 1 aliphatic heterocycles. The fourth-order valence-electron chi connectivity index (χ4n) is 2.77. The molecule has 0 saturated carbocycles. The van der Waals surface area contributed by atoms with Gasteiger partial charge in [0.15, 0.2) is 0 Å². The molecule has 0 radical (unpaired) electrons. The van der Waals surface area contributed by atoms with Crippen LogP contribution in [0.25, 0.3) is 0 Å². The lowest BCUT2D eigenvalue weighted by molar-refractivity contribution is -0.131. The number of hydrogen-bond donors (Lipinski definition) is 0. The van der Waals surface area contributed by atoms with E-state index in [-0.39, 0.29) is 11.9 Å². The first-order chi connectivity index (χ1) is 11.4. The topological polar surface area (TPSA) is 81.1 Å². The van der Waals surface area contributed by atoms with Crippen molar-refractivity contribution in [3.8, 4) is 0 Å². The Kier molecular flexibility index (Phi) is 4.83. The van der Waals surface area contributed by atoms with Crippen molar-refractivity contribution in [2.45, 2.75) is 57.8 Å². The van der Waals surface area contributed by atoms with Gasteiger partial charge in [0, 0.05) is 6.42 Å². The second kappa shape index (κ2) is 6.88. The van der Waals surface area contributed by atoms with E-state index in [1.165, 1.54) is 0 Å². The first-order valence-corrected chi connectivity index (χ1v) is 7.89. The molecule has 132 valence electrons. The van der Waals surface area contributed by atoms with E-state index in [0.29, 0.717) is 24.7 Å². The number of piperidine rings is 1. The highest BCUT2D eigenvalue weighted by molar-refractivity contribution is 4.95. The maximum Gasteiger partial charge on any atom is 0.397 e. The van der Waals surface area contributed by atoms with Crippen LogP contribution in [0, 0.1) is 0 Å². The molecule has 1 atom stereocenters. The molecule has 0 aromatic carbocycles. The molecular weight excluding hydrogens is 327 g/mol. The lowest BCUT2D eigenvalue weighted by atomic mass is 10.0. The van der Waals surface area contributed by atoms with Crippen LogP contribution in [-0.2, 0) is 19.4 Å². The van der Waals surface area contributed by atoms with Crippen molar-refractivity contribution in [1.82, 2.24) is 25.3 Å². The summed E-state index contributed by atoms with van der Waals surface area (Å²) in [6, 6.07) is -0.231. The maximum atomic E-state index is 12.4. The van der Waals surface area contributed by atoms with E-state index in [0.717, 1.165) is 25.8 Å². The Labute approximate surface area is 136 Å². The fourth-order valence-corrected chi connectivity index (χ4v) is 2.77. The minimum atomic E-state index is -4.36. The van der Waals surface area contributed by atoms with Crippen molar-refractivity contribution in [2.24, 2.45) is 0 Å².